The summed E-state index contributed by atoms with van der Waals surface area (Å²) >= 11 is 0. The Morgan fingerprint density at radius 1 is 1.20 bits per heavy atom. The lowest BCUT2D eigenvalue weighted by molar-refractivity contribution is -0.146. The SMILES string of the molecule is CN1CCC2C(C(=O)O)CCCN2CC1. The zero-order valence-corrected chi connectivity index (χ0v) is 9.35. The van der Waals surface area contributed by atoms with E-state index in [4.69, 9.17) is 0 Å². The molecule has 0 amide bonds. The molecule has 2 aliphatic heterocycles. The van der Waals surface area contributed by atoms with Crippen molar-refractivity contribution in [3.63, 3.8) is 0 Å². The van der Waals surface area contributed by atoms with Crippen LogP contribution >= 0.6 is 0 Å². The molecule has 1 N–H and O–H groups in total. The second-order valence-electron chi connectivity index (χ2n) is 4.78. The predicted octanol–water partition coefficient (Wildman–Crippen LogP) is 0.487. The first kappa shape index (κ1) is 10.9. The molecule has 0 saturated carbocycles. The highest BCUT2D eigenvalue weighted by atomic mass is 16.4. The Kier molecular flexibility index (Phi) is 3.26. The first-order chi connectivity index (χ1) is 7.18. The topological polar surface area (TPSA) is 43.8 Å². The molecular weight excluding hydrogens is 192 g/mol. The second-order valence-corrected chi connectivity index (χ2v) is 4.78. The quantitative estimate of drug-likeness (QED) is 0.687. The minimum atomic E-state index is -0.603. The molecule has 0 bridgehead atoms. The van der Waals surface area contributed by atoms with E-state index < -0.39 is 5.97 Å². The van der Waals surface area contributed by atoms with E-state index in [-0.39, 0.29) is 12.0 Å². The Labute approximate surface area is 90.9 Å². The Morgan fingerprint density at radius 2 is 2.00 bits per heavy atom. The van der Waals surface area contributed by atoms with E-state index in [0.717, 1.165) is 45.4 Å². The summed E-state index contributed by atoms with van der Waals surface area (Å²) < 4.78 is 0. The van der Waals surface area contributed by atoms with Gasteiger partial charge in [-0.3, -0.25) is 9.69 Å². The fourth-order valence-electron chi connectivity index (χ4n) is 2.84. The van der Waals surface area contributed by atoms with Crippen molar-refractivity contribution in [2.75, 3.05) is 33.2 Å². The molecule has 0 radical (unpaired) electrons. The van der Waals surface area contributed by atoms with Gasteiger partial charge in [-0.25, -0.2) is 0 Å². The summed E-state index contributed by atoms with van der Waals surface area (Å²) in [7, 11) is 2.12. The Morgan fingerprint density at radius 3 is 2.73 bits per heavy atom. The van der Waals surface area contributed by atoms with Crippen molar-refractivity contribution in [2.24, 2.45) is 5.92 Å². The summed E-state index contributed by atoms with van der Waals surface area (Å²) in [5, 5.41) is 9.19. The number of piperidine rings is 1. The van der Waals surface area contributed by atoms with Crippen LogP contribution in [-0.2, 0) is 4.79 Å². The van der Waals surface area contributed by atoms with Gasteiger partial charge in [0.25, 0.3) is 0 Å². The van der Waals surface area contributed by atoms with Crippen molar-refractivity contribution >= 4 is 5.97 Å². The molecule has 0 aromatic heterocycles. The van der Waals surface area contributed by atoms with Crippen molar-refractivity contribution < 1.29 is 9.90 Å². The average Bonchev–Trinajstić information content (AvgIpc) is 2.40. The van der Waals surface area contributed by atoms with Crippen molar-refractivity contribution in [2.45, 2.75) is 25.3 Å². The maximum absolute atomic E-state index is 11.2. The zero-order valence-electron chi connectivity index (χ0n) is 9.35. The minimum Gasteiger partial charge on any atom is -0.481 e. The Hall–Kier alpha value is -0.610. The summed E-state index contributed by atoms with van der Waals surface area (Å²) in [6, 6.07) is 0.279. The van der Waals surface area contributed by atoms with Gasteiger partial charge in [0.1, 0.15) is 0 Å². The molecule has 0 aromatic rings. The van der Waals surface area contributed by atoms with Crippen molar-refractivity contribution in [3.05, 3.63) is 0 Å². The van der Waals surface area contributed by atoms with Crippen LogP contribution in [0.15, 0.2) is 0 Å². The third kappa shape index (κ3) is 2.32. The van der Waals surface area contributed by atoms with Gasteiger partial charge in [-0.2, -0.15) is 0 Å². The van der Waals surface area contributed by atoms with Gasteiger partial charge >= 0.3 is 5.97 Å². The molecule has 2 aliphatic rings. The summed E-state index contributed by atoms with van der Waals surface area (Å²) in [5.74, 6) is -0.737. The molecule has 0 aliphatic carbocycles. The number of likely N-dealkylation sites (N-methyl/N-ethyl adjacent to an activating group) is 1. The molecule has 15 heavy (non-hydrogen) atoms. The highest BCUT2D eigenvalue weighted by Crippen LogP contribution is 2.27. The van der Waals surface area contributed by atoms with Crippen LogP contribution in [0.3, 0.4) is 0 Å². The van der Waals surface area contributed by atoms with Crippen molar-refractivity contribution in [3.8, 4) is 0 Å². The molecule has 4 heteroatoms. The number of rotatable bonds is 1. The fraction of sp³-hybridized carbons (Fsp3) is 0.909. The van der Waals surface area contributed by atoms with Crippen molar-refractivity contribution in [1.29, 1.82) is 0 Å². The number of carboxylic acid groups (broad SMARTS) is 1. The van der Waals surface area contributed by atoms with Gasteiger partial charge < -0.3 is 10.0 Å². The molecule has 2 heterocycles. The summed E-state index contributed by atoms with van der Waals surface area (Å²) in [5.41, 5.74) is 0. The lowest BCUT2D eigenvalue weighted by Crippen LogP contribution is -2.48. The molecule has 2 saturated heterocycles. The van der Waals surface area contributed by atoms with Gasteiger partial charge in [0, 0.05) is 19.1 Å². The molecule has 4 nitrogen and oxygen atoms in total. The molecule has 0 spiro atoms. The largest absolute Gasteiger partial charge is 0.481 e. The zero-order chi connectivity index (χ0) is 10.8. The van der Waals surface area contributed by atoms with Crippen LogP contribution in [0, 0.1) is 5.92 Å². The van der Waals surface area contributed by atoms with E-state index in [1.807, 2.05) is 0 Å². The molecule has 2 unspecified atom stereocenters. The van der Waals surface area contributed by atoms with Gasteiger partial charge in [-0.1, -0.05) is 0 Å². The van der Waals surface area contributed by atoms with Gasteiger partial charge in [-0.05, 0) is 39.4 Å². The number of carboxylic acids is 1. The van der Waals surface area contributed by atoms with E-state index in [0.29, 0.717) is 0 Å². The van der Waals surface area contributed by atoms with Gasteiger partial charge in [0.05, 0.1) is 5.92 Å². The van der Waals surface area contributed by atoms with E-state index in [1.165, 1.54) is 0 Å². The lowest BCUT2D eigenvalue weighted by atomic mass is 9.87. The van der Waals surface area contributed by atoms with Crippen LogP contribution in [0.5, 0.6) is 0 Å². The maximum atomic E-state index is 11.2. The first-order valence-electron chi connectivity index (χ1n) is 5.84. The number of fused-ring (bicyclic) bond motifs is 1. The van der Waals surface area contributed by atoms with Crippen LogP contribution in [0.4, 0.5) is 0 Å². The first-order valence-corrected chi connectivity index (χ1v) is 5.84. The number of hydrogen-bond acceptors (Lipinski definition) is 3. The van der Waals surface area contributed by atoms with E-state index in [2.05, 4.69) is 16.8 Å². The monoisotopic (exact) mass is 212 g/mol. The van der Waals surface area contributed by atoms with Crippen LogP contribution in [0.25, 0.3) is 0 Å². The third-order valence-corrected chi connectivity index (χ3v) is 3.79. The second kappa shape index (κ2) is 4.49. The molecule has 2 atom stereocenters. The Balaban J connectivity index is 2.08. The summed E-state index contributed by atoms with van der Waals surface area (Å²) in [4.78, 5) is 15.8. The number of carbonyl (C=O) groups is 1. The van der Waals surface area contributed by atoms with Gasteiger partial charge in [0.15, 0.2) is 0 Å². The normalized spacial score (nSPS) is 34.5. The molecular formula is C11H20N2O2. The van der Waals surface area contributed by atoms with E-state index >= 15 is 0 Å². The lowest BCUT2D eigenvalue weighted by Gasteiger charge is -2.38. The Bertz CT molecular complexity index is 245. The summed E-state index contributed by atoms with van der Waals surface area (Å²) in [6.07, 6.45) is 2.91. The minimum absolute atomic E-state index is 0.134. The maximum Gasteiger partial charge on any atom is 0.308 e. The van der Waals surface area contributed by atoms with Gasteiger partial charge in [0.2, 0.25) is 0 Å². The number of aliphatic carboxylic acids is 1. The highest BCUT2D eigenvalue weighted by molar-refractivity contribution is 5.71. The molecule has 2 rings (SSSR count). The number of nitrogens with zero attached hydrogens (tertiary/aromatic N) is 2. The smallest absolute Gasteiger partial charge is 0.308 e. The summed E-state index contributed by atoms with van der Waals surface area (Å²) in [6.45, 7) is 4.22. The van der Waals surface area contributed by atoms with Crippen molar-refractivity contribution in [1.82, 2.24) is 9.80 Å². The van der Waals surface area contributed by atoms with Gasteiger partial charge in [-0.15, -0.1) is 0 Å². The standard InChI is InChI=1S/C11H20N2O2/c1-12-6-4-10-9(11(14)15)3-2-5-13(10)8-7-12/h9-10H,2-8H2,1H3,(H,14,15). The predicted molar refractivity (Wildman–Crippen MR) is 57.8 cm³/mol. The highest BCUT2D eigenvalue weighted by Gasteiger charge is 2.36. The van der Waals surface area contributed by atoms with Crippen LogP contribution < -0.4 is 0 Å². The van der Waals surface area contributed by atoms with Crippen LogP contribution in [0.1, 0.15) is 19.3 Å². The van der Waals surface area contributed by atoms with Crippen LogP contribution in [-0.4, -0.2) is 60.1 Å². The van der Waals surface area contributed by atoms with Crippen LogP contribution in [0.2, 0.25) is 0 Å². The molecule has 0 aromatic carbocycles. The average molecular weight is 212 g/mol. The van der Waals surface area contributed by atoms with E-state index in [1.54, 1.807) is 0 Å². The van der Waals surface area contributed by atoms with E-state index in [9.17, 15) is 9.90 Å². The molecule has 86 valence electrons. The third-order valence-electron chi connectivity index (χ3n) is 3.79. The fourth-order valence-corrected chi connectivity index (χ4v) is 2.84. The number of hydrogen-bond donors (Lipinski definition) is 1. The molecule has 2 fully saturated rings.